The second kappa shape index (κ2) is 5.14. The topological polar surface area (TPSA) is 63.2 Å². The average molecular weight is 259 g/mol. The molecule has 0 radical (unpaired) electrons. The highest BCUT2D eigenvalue weighted by Crippen LogP contribution is 2.14. The normalized spacial score (nSPS) is 11.1. The van der Waals surface area contributed by atoms with Crippen molar-refractivity contribution in [3.05, 3.63) is 36.4 Å². The van der Waals surface area contributed by atoms with E-state index in [1.807, 2.05) is 30.3 Å². The van der Waals surface area contributed by atoms with Gasteiger partial charge in [-0.2, -0.15) is 0 Å². The summed E-state index contributed by atoms with van der Waals surface area (Å²) in [6.07, 6.45) is -0.539. The molecule has 0 fully saturated rings. The van der Waals surface area contributed by atoms with E-state index in [9.17, 15) is 4.79 Å². The van der Waals surface area contributed by atoms with E-state index in [4.69, 9.17) is 4.74 Å². The fraction of sp³-hybridized carbons (Fsp3) is 0.286. The molecule has 5 heteroatoms. The van der Waals surface area contributed by atoms with Gasteiger partial charge in [0.1, 0.15) is 11.4 Å². The Labute approximate surface area is 112 Å². The lowest BCUT2D eigenvalue weighted by atomic mass is 10.2. The third kappa shape index (κ3) is 3.84. The van der Waals surface area contributed by atoms with Crippen LogP contribution in [0.15, 0.2) is 36.4 Å². The second-order valence-electron chi connectivity index (χ2n) is 5.14. The third-order valence-corrected chi connectivity index (χ3v) is 2.29. The molecule has 1 amide bonds. The van der Waals surface area contributed by atoms with Crippen molar-refractivity contribution < 1.29 is 9.53 Å². The van der Waals surface area contributed by atoms with Crippen LogP contribution in [0.3, 0.4) is 0 Å². The van der Waals surface area contributed by atoms with Gasteiger partial charge in [-0.25, -0.2) is 15.2 Å². The van der Waals surface area contributed by atoms with Gasteiger partial charge in [0.2, 0.25) is 0 Å². The van der Waals surface area contributed by atoms with E-state index in [0.717, 1.165) is 10.9 Å². The number of hydrazine groups is 1. The van der Waals surface area contributed by atoms with Gasteiger partial charge in [-0.1, -0.05) is 18.2 Å². The number of ether oxygens (including phenoxy) is 1. The molecule has 100 valence electrons. The van der Waals surface area contributed by atoms with Gasteiger partial charge in [0.05, 0.1) is 5.52 Å². The van der Waals surface area contributed by atoms with Crippen LogP contribution in [0.1, 0.15) is 20.8 Å². The van der Waals surface area contributed by atoms with Crippen LogP contribution < -0.4 is 10.9 Å². The van der Waals surface area contributed by atoms with Crippen LogP contribution >= 0.6 is 0 Å². The number of hydrogen-bond donors (Lipinski definition) is 2. The summed E-state index contributed by atoms with van der Waals surface area (Å²) in [4.78, 5) is 15.8. The van der Waals surface area contributed by atoms with Gasteiger partial charge in [-0.3, -0.25) is 5.43 Å². The molecule has 0 saturated carbocycles. The van der Waals surface area contributed by atoms with Gasteiger partial charge in [-0.15, -0.1) is 0 Å². The minimum absolute atomic E-state index is 0.525. The number of nitrogens with zero attached hydrogens (tertiary/aromatic N) is 1. The van der Waals surface area contributed by atoms with Crippen LogP contribution in [0.2, 0.25) is 0 Å². The van der Waals surface area contributed by atoms with Crippen LogP contribution in [-0.2, 0) is 4.74 Å². The summed E-state index contributed by atoms with van der Waals surface area (Å²) in [6, 6.07) is 11.5. The van der Waals surface area contributed by atoms with Crippen molar-refractivity contribution in [3.63, 3.8) is 0 Å². The van der Waals surface area contributed by atoms with Crippen LogP contribution in [-0.4, -0.2) is 16.7 Å². The third-order valence-electron chi connectivity index (χ3n) is 2.29. The number of rotatable bonds is 2. The Balaban J connectivity index is 2.00. The molecule has 1 aromatic heterocycles. The second-order valence-corrected chi connectivity index (χ2v) is 5.14. The lowest BCUT2D eigenvalue weighted by Gasteiger charge is -2.19. The largest absolute Gasteiger partial charge is 0.443 e. The van der Waals surface area contributed by atoms with Gasteiger partial charge in [0, 0.05) is 5.39 Å². The van der Waals surface area contributed by atoms with E-state index in [0.29, 0.717) is 5.82 Å². The molecule has 1 heterocycles. The monoisotopic (exact) mass is 259 g/mol. The Morgan fingerprint density at radius 1 is 1.16 bits per heavy atom. The Morgan fingerprint density at radius 3 is 2.63 bits per heavy atom. The maximum Gasteiger partial charge on any atom is 0.426 e. The Kier molecular flexibility index (Phi) is 3.55. The molecule has 2 aromatic rings. The van der Waals surface area contributed by atoms with E-state index in [1.54, 1.807) is 26.8 Å². The summed E-state index contributed by atoms with van der Waals surface area (Å²) in [6.45, 7) is 5.42. The minimum Gasteiger partial charge on any atom is -0.443 e. The van der Waals surface area contributed by atoms with Gasteiger partial charge in [0.25, 0.3) is 0 Å². The molecule has 0 unspecified atom stereocenters. The number of amides is 1. The molecule has 2 rings (SSSR count). The first-order valence-corrected chi connectivity index (χ1v) is 6.05. The van der Waals surface area contributed by atoms with Crippen molar-refractivity contribution >= 4 is 22.8 Å². The number of hydrogen-bond acceptors (Lipinski definition) is 4. The molecular formula is C14H17N3O2. The van der Waals surface area contributed by atoms with Crippen LogP contribution in [0.4, 0.5) is 10.6 Å². The predicted molar refractivity (Wildman–Crippen MR) is 74.7 cm³/mol. The van der Waals surface area contributed by atoms with Crippen molar-refractivity contribution in [1.82, 2.24) is 10.4 Å². The summed E-state index contributed by atoms with van der Waals surface area (Å²) in [5.74, 6) is 0.560. The maximum atomic E-state index is 11.5. The van der Waals surface area contributed by atoms with Gasteiger partial charge in [-0.05, 0) is 39.0 Å². The molecule has 0 spiro atoms. The molecule has 0 aliphatic heterocycles. The van der Waals surface area contributed by atoms with Gasteiger partial charge >= 0.3 is 6.09 Å². The van der Waals surface area contributed by atoms with Crippen LogP contribution in [0.25, 0.3) is 10.9 Å². The van der Waals surface area contributed by atoms with Crippen molar-refractivity contribution in [2.75, 3.05) is 5.43 Å². The first-order chi connectivity index (χ1) is 8.94. The smallest absolute Gasteiger partial charge is 0.426 e. The predicted octanol–water partition coefficient (Wildman–Crippen LogP) is 3.09. The van der Waals surface area contributed by atoms with Crippen molar-refractivity contribution in [2.24, 2.45) is 0 Å². The zero-order chi connectivity index (χ0) is 13.9. The van der Waals surface area contributed by atoms with E-state index in [1.165, 1.54) is 0 Å². The molecular weight excluding hydrogens is 242 g/mol. The first-order valence-electron chi connectivity index (χ1n) is 6.05. The molecule has 5 nitrogen and oxygen atoms in total. The summed E-state index contributed by atoms with van der Waals surface area (Å²) in [7, 11) is 0. The van der Waals surface area contributed by atoms with Gasteiger partial charge in [0.15, 0.2) is 0 Å². The van der Waals surface area contributed by atoms with E-state index < -0.39 is 11.7 Å². The highest BCUT2D eigenvalue weighted by molar-refractivity contribution is 5.80. The van der Waals surface area contributed by atoms with Crippen molar-refractivity contribution in [1.29, 1.82) is 0 Å². The fourth-order valence-corrected chi connectivity index (χ4v) is 1.55. The minimum atomic E-state index is -0.539. The Bertz CT molecular complexity index is 591. The summed E-state index contributed by atoms with van der Waals surface area (Å²) in [5, 5.41) is 1.05. The number of pyridine rings is 1. The average Bonchev–Trinajstić information content (AvgIpc) is 2.34. The zero-order valence-corrected chi connectivity index (χ0v) is 11.2. The van der Waals surface area contributed by atoms with Crippen molar-refractivity contribution in [2.45, 2.75) is 26.4 Å². The number of para-hydroxylation sites is 1. The van der Waals surface area contributed by atoms with E-state index in [2.05, 4.69) is 15.8 Å². The quantitative estimate of drug-likeness (QED) is 0.813. The molecule has 0 aliphatic carbocycles. The number of fused-ring (bicyclic) bond motifs is 1. The molecule has 0 bridgehead atoms. The maximum absolute atomic E-state index is 11.5. The number of carbonyl (C=O) groups excluding carboxylic acids is 1. The Hall–Kier alpha value is -2.30. The molecule has 2 N–H and O–H groups in total. The van der Waals surface area contributed by atoms with Crippen LogP contribution in [0.5, 0.6) is 0 Å². The number of benzene rings is 1. The summed E-state index contributed by atoms with van der Waals surface area (Å²) >= 11 is 0. The lowest BCUT2D eigenvalue weighted by Crippen LogP contribution is -2.36. The zero-order valence-electron chi connectivity index (χ0n) is 11.2. The van der Waals surface area contributed by atoms with Crippen LogP contribution in [0, 0.1) is 0 Å². The summed E-state index contributed by atoms with van der Waals surface area (Å²) < 4.78 is 5.11. The van der Waals surface area contributed by atoms with E-state index >= 15 is 0 Å². The molecule has 0 saturated heterocycles. The Morgan fingerprint density at radius 2 is 1.89 bits per heavy atom. The molecule has 0 atom stereocenters. The highest BCUT2D eigenvalue weighted by Gasteiger charge is 2.15. The number of carbonyl (C=O) groups is 1. The van der Waals surface area contributed by atoms with E-state index in [-0.39, 0.29) is 0 Å². The molecule has 0 aliphatic rings. The summed E-state index contributed by atoms with van der Waals surface area (Å²) in [5.41, 5.74) is 5.50. The number of aromatic nitrogens is 1. The standard InChI is InChI=1S/C14H17N3O2/c1-14(2,3)19-13(18)17-16-12-9-8-10-6-4-5-7-11(10)15-12/h4-9H,1-3H3,(H,15,16)(H,17,18). The van der Waals surface area contributed by atoms with Gasteiger partial charge < -0.3 is 4.74 Å². The molecule has 1 aromatic carbocycles. The van der Waals surface area contributed by atoms with Crippen molar-refractivity contribution in [3.8, 4) is 0 Å². The first kappa shape index (κ1) is 13.1. The highest BCUT2D eigenvalue weighted by atomic mass is 16.6. The number of nitrogens with one attached hydrogen (secondary N) is 2. The molecule has 19 heavy (non-hydrogen) atoms. The SMILES string of the molecule is CC(C)(C)OC(=O)NNc1ccc2ccccc2n1. The number of anilines is 1. The lowest BCUT2D eigenvalue weighted by molar-refractivity contribution is 0.0541. The fourth-order valence-electron chi connectivity index (χ4n) is 1.55.